The van der Waals surface area contributed by atoms with E-state index in [2.05, 4.69) is 24.8 Å². The average Bonchev–Trinajstić information content (AvgIpc) is 3.11. The largest absolute Gasteiger partial charge is 0.497 e. The van der Waals surface area contributed by atoms with E-state index < -0.39 is 0 Å². The molecule has 3 aromatic rings. The molecule has 0 fully saturated rings. The van der Waals surface area contributed by atoms with Gasteiger partial charge in [-0.25, -0.2) is 0 Å². The Labute approximate surface area is 282 Å². The van der Waals surface area contributed by atoms with Crippen LogP contribution in [0.15, 0.2) is 84.9 Å². The summed E-state index contributed by atoms with van der Waals surface area (Å²) in [6, 6.07) is 27.4. The zero-order chi connectivity index (χ0) is 34.3. The van der Waals surface area contributed by atoms with E-state index in [-0.39, 0.29) is 18.7 Å². The van der Waals surface area contributed by atoms with E-state index in [1.54, 1.807) is 34.7 Å². The maximum atomic E-state index is 5.47. The zero-order valence-electron chi connectivity index (χ0n) is 28.9. The summed E-state index contributed by atoms with van der Waals surface area (Å²) >= 11 is 3.53. The molecule has 0 spiro atoms. The molecule has 0 aliphatic carbocycles. The Kier molecular flexibility index (Phi) is 28.9. The van der Waals surface area contributed by atoms with Crippen molar-refractivity contribution in [2.45, 2.75) is 45.9 Å². The quantitative estimate of drug-likeness (QED) is 0.0829. The van der Waals surface area contributed by atoms with Crippen molar-refractivity contribution < 1.29 is 42.6 Å². The first-order chi connectivity index (χ1) is 22.4. The summed E-state index contributed by atoms with van der Waals surface area (Å²) in [4.78, 5) is 0. The summed E-state index contributed by atoms with van der Waals surface area (Å²) < 4.78 is 46.9. The fourth-order valence-corrected chi connectivity index (χ4v) is 3.38. The molecule has 3 rings (SSSR count). The number of rotatable bonds is 19. The predicted octanol–water partition coefficient (Wildman–Crippen LogP) is 6.98. The van der Waals surface area contributed by atoms with Crippen molar-refractivity contribution in [2.75, 3.05) is 74.3 Å². The second-order valence-corrected chi connectivity index (χ2v) is 9.41. The Morgan fingerprint density at radius 1 is 0.522 bits per heavy atom. The SMILES string of the molecule is COC(C)OCCc1ccccc1.COCC(C)OCCOc1ccccc1.COc1ccc(OCCOC(C)OC)cc1.CS. The van der Waals surface area contributed by atoms with Gasteiger partial charge in [0, 0.05) is 21.3 Å². The smallest absolute Gasteiger partial charge is 0.154 e. The molecule has 0 heterocycles. The monoisotopic (exact) mass is 664 g/mol. The number of benzene rings is 3. The van der Waals surface area contributed by atoms with E-state index in [0.29, 0.717) is 39.6 Å². The minimum atomic E-state index is -0.195. The van der Waals surface area contributed by atoms with Gasteiger partial charge in [-0.3, -0.25) is 0 Å². The number of thiol groups is 1. The third-order valence-corrected chi connectivity index (χ3v) is 5.91. The molecule has 0 radical (unpaired) electrons. The Morgan fingerprint density at radius 3 is 1.48 bits per heavy atom. The molecule has 10 heteroatoms. The highest BCUT2D eigenvalue weighted by Crippen LogP contribution is 2.16. The number of methoxy groups -OCH3 is 4. The fourth-order valence-electron chi connectivity index (χ4n) is 3.38. The molecular formula is C36H56O9S. The maximum absolute atomic E-state index is 5.47. The van der Waals surface area contributed by atoms with Crippen LogP contribution in [0.25, 0.3) is 0 Å². The van der Waals surface area contributed by atoms with Gasteiger partial charge < -0.3 is 42.6 Å². The first-order valence-electron chi connectivity index (χ1n) is 15.2. The molecule has 46 heavy (non-hydrogen) atoms. The molecule has 3 atom stereocenters. The highest BCUT2D eigenvalue weighted by Gasteiger charge is 2.01. The van der Waals surface area contributed by atoms with Crippen molar-refractivity contribution in [1.29, 1.82) is 0 Å². The van der Waals surface area contributed by atoms with Crippen LogP contribution in [-0.2, 0) is 34.8 Å². The number of hydrogen-bond donors (Lipinski definition) is 1. The molecule has 0 saturated heterocycles. The summed E-state index contributed by atoms with van der Waals surface area (Å²) in [5, 5.41) is 0. The fraction of sp³-hybridized carbons (Fsp3) is 0.500. The van der Waals surface area contributed by atoms with Gasteiger partial charge in [-0.2, -0.15) is 12.6 Å². The minimum Gasteiger partial charge on any atom is -0.497 e. The van der Waals surface area contributed by atoms with Crippen LogP contribution in [0.5, 0.6) is 17.2 Å². The predicted molar refractivity (Wildman–Crippen MR) is 188 cm³/mol. The third kappa shape index (κ3) is 24.4. The minimum absolute atomic E-state index is 0.108. The topological polar surface area (TPSA) is 83.1 Å². The summed E-state index contributed by atoms with van der Waals surface area (Å²) in [6.07, 6.45) is 2.45. The molecule has 9 nitrogen and oxygen atoms in total. The molecule has 0 aliphatic rings. The lowest BCUT2D eigenvalue weighted by Gasteiger charge is -2.12. The second-order valence-electron chi connectivity index (χ2n) is 9.41. The molecule has 0 aliphatic heterocycles. The standard InChI is InChI=1S/C12H18O4.C12H18O3.C11H16O2.CH4S/c1-10(13-2)15-8-9-16-12-6-4-11(14-3)5-7-12;1-11(10-13-2)14-8-9-15-12-6-4-3-5-7-12;1-10(12-2)13-9-8-11-6-4-3-5-7-11;1-2/h4-7,10H,8-9H2,1-3H3;3-7,11H,8-10H2,1-2H3;3-7,10H,8-9H2,1-2H3;2H,1H3. The van der Waals surface area contributed by atoms with E-state index in [9.17, 15) is 0 Å². The lowest BCUT2D eigenvalue weighted by atomic mass is 10.2. The summed E-state index contributed by atoms with van der Waals surface area (Å²) in [5.74, 6) is 2.49. The highest BCUT2D eigenvalue weighted by molar-refractivity contribution is 7.79. The first kappa shape index (κ1) is 43.2. The van der Waals surface area contributed by atoms with Gasteiger partial charge >= 0.3 is 0 Å². The molecule has 0 N–H and O–H groups in total. The van der Waals surface area contributed by atoms with Crippen LogP contribution in [0.3, 0.4) is 0 Å². The van der Waals surface area contributed by atoms with E-state index in [1.807, 2.05) is 93.6 Å². The first-order valence-corrected chi connectivity index (χ1v) is 16.1. The molecule has 3 unspecified atom stereocenters. The van der Waals surface area contributed by atoms with Crippen LogP contribution in [0.4, 0.5) is 0 Å². The Balaban J connectivity index is 0.000000645. The van der Waals surface area contributed by atoms with Gasteiger partial charge in [-0.15, -0.1) is 0 Å². The highest BCUT2D eigenvalue weighted by atomic mass is 32.1. The molecule has 0 saturated carbocycles. The van der Waals surface area contributed by atoms with Crippen molar-refractivity contribution in [2.24, 2.45) is 0 Å². The van der Waals surface area contributed by atoms with Crippen LogP contribution < -0.4 is 14.2 Å². The van der Waals surface area contributed by atoms with Gasteiger partial charge in [0.15, 0.2) is 12.6 Å². The van der Waals surface area contributed by atoms with Gasteiger partial charge in [-0.05, 0) is 75.4 Å². The van der Waals surface area contributed by atoms with Crippen LogP contribution in [0.2, 0.25) is 0 Å². The second kappa shape index (κ2) is 30.8. The molecule has 0 amide bonds. The van der Waals surface area contributed by atoms with E-state index in [1.165, 1.54) is 5.56 Å². The third-order valence-electron chi connectivity index (χ3n) is 5.91. The van der Waals surface area contributed by atoms with Gasteiger partial charge in [0.25, 0.3) is 0 Å². The lowest BCUT2D eigenvalue weighted by Crippen LogP contribution is -2.18. The van der Waals surface area contributed by atoms with Crippen molar-refractivity contribution in [3.8, 4) is 17.2 Å². The van der Waals surface area contributed by atoms with Crippen LogP contribution >= 0.6 is 12.6 Å². The zero-order valence-corrected chi connectivity index (χ0v) is 29.8. The molecule has 260 valence electrons. The van der Waals surface area contributed by atoms with E-state index >= 15 is 0 Å². The average molecular weight is 665 g/mol. The van der Waals surface area contributed by atoms with E-state index in [4.69, 9.17) is 42.6 Å². The Hall–Kier alpha value is -2.83. The van der Waals surface area contributed by atoms with E-state index in [0.717, 1.165) is 23.7 Å². The van der Waals surface area contributed by atoms with Crippen LogP contribution in [0, 0.1) is 0 Å². The molecule has 0 aromatic heterocycles. The van der Waals surface area contributed by atoms with Crippen LogP contribution in [-0.4, -0.2) is 93.0 Å². The normalized spacial score (nSPS) is 12.0. The maximum Gasteiger partial charge on any atom is 0.154 e. The molecular weight excluding hydrogens is 608 g/mol. The number of para-hydroxylation sites is 1. The summed E-state index contributed by atoms with van der Waals surface area (Å²) in [6.45, 7) is 9.19. The molecule has 0 bridgehead atoms. The van der Waals surface area contributed by atoms with Gasteiger partial charge in [0.2, 0.25) is 0 Å². The Morgan fingerprint density at radius 2 is 0.978 bits per heavy atom. The molecule has 3 aromatic carbocycles. The summed E-state index contributed by atoms with van der Waals surface area (Å²) in [7, 11) is 6.55. The Bertz CT molecular complexity index is 1030. The van der Waals surface area contributed by atoms with Crippen molar-refractivity contribution in [3.05, 3.63) is 90.5 Å². The van der Waals surface area contributed by atoms with Gasteiger partial charge in [0.05, 0.1) is 39.6 Å². The van der Waals surface area contributed by atoms with Crippen molar-refractivity contribution in [1.82, 2.24) is 0 Å². The van der Waals surface area contributed by atoms with Gasteiger partial charge in [0.1, 0.15) is 30.5 Å². The van der Waals surface area contributed by atoms with Crippen molar-refractivity contribution >= 4 is 12.6 Å². The van der Waals surface area contributed by atoms with Gasteiger partial charge in [-0.1, -0.05) is 48.5 Å². The van der Waals surface area contributed by atoms with Crippen molar-refractivity contribution in [3.63, 3.8) is 0 Å². The lowest BCUT2D eigenvalue weighted by molar-refractivity contribution is -0.115. The number of ether oxygens (including phenoxy) is 9. The van der Waals surface area contributed by atoms with Crippen LogP contribution in [0.1, 0.15) is 26.3 Å². The number of hydrogen-bond acceptors (Lipinski definition) is 10. The summed E-state index contributed by atoms with van der Waals surface area (Å²) in [5.41, 5.74) is 1.30.